The van der Waals surface area contributed by atoms with Crippen molar-refractivity contribution in [1.82, 2.24) is 35.0 Å². The number of β-amino-alcohol motifs (C(OH)–C–C–N with tert-alkyl or cyclic N) is 1. The van der Waals surface area contributed by atoms with Gasteiger partial charge in [-0.15, -0.1) is 5.10 Å². The SMILES string of the molecule is C[C@@H](N1CCN(c2ccc(-n3cnnn3)cc2)C1=O)[C@@](O)(CN1CN(COC(=O)OC2COCOC2)[C+]=N1)c1ccc(F)cc1F. The van der Waals surface area contributed by atoms with Gasteiger partial charge in [0.25, 0.3) is 0 Å². The standard InChI is InChI=1S/C28H30F2N9O7/c1-19(37-8-9-38(26(37)40)21-3-5-22(6-4-21)39-14-31-33-34-39)28(42,24-7-2-20(29)10-25(24)30)13-36-16-35(15-32-36)17-45-27(41)46-23-11-43-18-44-12-23/h2-7,10,14,19,23,42H,8-9,11-13,16-18H2,1H3/q+1/t19-,28+/m1/s1. The number of carbonyl (C=O) groups is 2. The minimum atomic E-state index is -2.06. The molecule has 3 aliphatic rings. The first-order valence-electron chi connectivity index (χ1n) is 14.3. The Morgan fingerprint density at radius 2 is 1.91 bits per heavy atom. The van der Waals surface area contributed by atoms with Crippen molar-refractivity contribution in [2.45, 2.75) is 24.7 Å². The van der Waals surface area contributed by atoms with Crippen LogP contribution in [0.3, 0.4) is 0 Å². The second-order valence-corrected chi connectivity index (χ2v) is 10.8. The zero-order chi connectivity index (χ0) is 32.3. The van der Waals surface area contributed by atoms with Crippen LogP contribution in [0.15, 0.2) is 53.9 Å². The normalized spacial score (nSPS) is 18.9. The van der Waals surface area contributed by atoms with E-state index in [4.69, 9.17) is 18.9 Å². The summed E-state index contributed by atoms with van der Waals surface area (Å²) < 4.78 is 51.0. The van der Waals surface area contributed by atoms with Crippen molar-refractivity contribution in [2.75, 3.05) is 57.9 Å². The van der Waals surface area contributed by atoms with Crippen molar-refractivity contribution in [3.05, 3.63) is 66.0 Å². The number of nitrogens with zero attached hydrogens (tertiary/aromatic N) is 9. The fraction of sp³-hybridized carbons (Fsp3) is 0.429. The number of anilines is 1. The van der Waals surface area contributed by atoms with Gasteiger partial charge in [-0.1, -0.05) is 11.0 Å². The molecule has 0 spiro atoms. The number of aromatic nitrogens is 4. The molecule has 18 heteroatoms. The van der Waals surface area contributed by atoms with E-state index < -0.39 is 41.6 Å². The number of hydrazone groups is 1. The van der Waals surface area contributed by atoms with E-state index in [-0.39, 0.29) is 52.1 Å². The predicted octanol–water partition coefficient (Wildman–Crippen LogP) is 1.34. The molecule has 0 bridgehead atoms. The molecule has 2 aromatic carbocycles. The molecule has 242 valence electrons. The maximum absolute atomic E-state index is 15.2. The van der Waals surface area contributed by atoms with Gasteiger partial charge >= 0.3 is 18.5 Å². The third kappa shape index (κ3) is 6.50. The van der Waals surface area contributed by atoms with Gasteiger partial charge in [-0.2, -0.15) is 0 Å². The van der Waals surface area contributed by atoms with Crippen molar-refractivity contribution in [3.8, 4) is 5.69 Å². The molecular formula is C28H30F2N9O7+. The molecule has 0 aliphatic carbocycles. The van der Waals surface area contributed by atoms with Crippen LogP contribution in [0.25, 0.3) is 5.69 Å². The summed E-state index contributed by atoms with van der Waals surface area (Å²) in [6.07, 6.45) is 2.56. The Kier molecular flexibility index (Phi) is 8.85. The largest absolute Gasteiger partial charge is 0.547 e. The Hall–Kier alpha value is -5.03. The van der Waals surface area contributed by atoms with Crippen molar-refractivity contribution in [2.24, 2.45) is 5.10 Å². The van der Waals surface area contributed by atoms with Crippen LogP contribution in [0.1, 0.15) is 12.5 Å². The zero-order valence-electron chi connectivity index (χ0n) is 24.6. The summed E-state index contributed by atoms with van der Waals surface area (Å²) in [5, 5.41) is 28.8. The van der Waals surface area contributed by atoms with Gasteiger partial charge in [0.15, 0.2) is 12.8 Å². The average molecular weight is 643 g/mol. The lowest BCUT2D eigenvalue weighted by molar-refractivity contribution is -0.158. The van der Waals surface area contributed by atoms with E-state index in [1.807, 2.05) is 0 Å². The number of ether oxygens (including phenoxy) is 4. The number of amides is 2. The Morgan fingerprint density at radius 3 is 2.63 bits per heavy atom. The Morgan fingerprint density at radius 1 is 1.15 bits per heavy atom. The lowest BCUT2D eigenvalue weighted by Gasteiger charge is -2.40. The highest BCUT2D eigenvalue weighted by atomic mass is 19.1. The van der Waals surface area contributed by atoms with Gasteiger partial charge in [0.1, 0.15) is 35.5 Å². The van der Waals surface area contributed by atoms with E-state index in [9.17, 15) is 19.1 Å². The molecule has 2 amide bonds. The molecule has 1 aromatic heterocycles. The van der Waals surface area contributed by atoms with E-state index in [0.717, 1.165) is 12.1 Å². The topological polar surface area (TPSA) is 160 Å². The molecule has 4 heterocycles. The molecule has 0 saturated carbocycles. The molecule has 1 N–H and O–H groups in total. The molecule has 3 aromatic rings. The maximum atomic E-state index is 15.2. The summed E-state index contributed by atoms with van der Waals surface area (Å²) in [4.78, 5) is 30.1. The predicted molar refractivity (Wildman–Crippen MR) is 152 cm³/mol. The van der Waals surface area contributed by atoms with Crippen LogP contribution in [0.2, 0.25) is 0 Å². The first-order chi connectivity index (χ1) is 22.2. The van der Waals surface area contributed by atoms with Gasteiger partial charge in [0.05, 0.1) is 31.5 Å². The number of hydrogen-bond donors (Lipinski definition) is 1. The van der Waals surface area contributed by atoms with Crippen LogP contribution in [0.4, 0.5) is 24.1 Å². The van der Waals surface area contributed by atoms with E-state index in [1.54, 1.807) is 31.2 Å². The van der Waals surface area contributed by atoms with E-state index >= 15 is 4.39 Å². The highest BCUT2D eigenvalue weighted by Gasteiger charge is 2.48. The zero-order valence-corrected chi connectivity index (χ0v) is 24.6. The summed E-state index contributed by atoms with van der Waals surface area (Å²) in [6.45, 7) is 1.99. The van der Waals surface area contributed by atoms with Crippen LogP contribution in [0, 0.1) is 11.6 Å². The quantitative estimate of drug-likeness (QED) is 0.250. The summed E-state index contributed by atoms with van der Waals surface area (Å²) >= 11 is 0. The Bertz CT molecular complexity index is 1560. The number of hydrogen-bond acceptors (Lipinski definition) is 13. The molecular weight excluding hydrogens is 612 g/mol. The van der Waals surface area contributed by atoms with Gasteiger partial charge in [-0.3, -0.25) is 4.90 Å². The molecule has 2 fully saturated rings. The number of benzene rings is 2. The molecule has 3 aliphatic heterocycles. The lowest BCUT2D eigenvalue weighted by Crippen LogP contribution is -2.55. The fourth-order valence-electron chi connectivity index (χ4n) is 5.41. The first kappa shape index (κ1) is 31.0. The van der Waals surface area contributed by atoms with Crippen molar-refractivity contribution >= 4 is 24.2 Å². The molecule has 2 atom stereocenters. The van der Waals surface area contributed by atoms with E-state index in [2.05, 4.69) is 27.0 Å². The number of tetrazole rings is 1. The number of rotatable bonds is 10. The van der Waals surface area contributed by atoms with Gasteiger partial charge in [-0.25, -0.2) is 28.1 Å². The Balaban J connectivity index is 1.14. The minimum absolute atomic E-state index is 0.00547. The van der Waals surface area contributed by atoms with E-state index in [0.29, 0.717) is 24.0 Å². The molecule has 0 radical (unpaired) electrons. The van der Waals surface area contributed by atoms with Gasteiger partial charge in [0.2, 0.25) is 6.73 Å². The summed E-state index contributed by atoms with van der Waals surface area (Å²) in [5.41, 5.74) is -0.983. The third-order valence-electron chi connectivity index (χ3n) is 7.83. The average Bonchev–Trinajstić information content (AvgIpc) is 3.82. The number of aliphatic hydroxyl groups is 1. The van der Waals surface area contributed by atoms with Crippen LogP contribution >= 0.6 is 0 Å². The number of urea groups is 1. The van der Waals surface area contributed by atoms with Crippen molar-refractivity contribution < 1.29 is 42.4 Å². The molecule has 16 nitrogen and oxygen atoms in total. The fourth-order valence-corrected chi connectivity index (χ4v) is 5.41. The van der Waals surface area contributed by atoms with Gasteiger partial charge in [0, 0.05) is 30.4 Å². The van der Waals surface area contributed by atoms with Crippen LogP contribution < -0.4 is 4.90 Å². The first-order valence-corrected chi connectivity index (χ1v) is 14.3. The van der Waals surface area contributed by atoms with Crippen LogP contribution in [-0.4, -0.2) is 124 Å². The highest BCUT2D eigenvalue weighted by Crippen LogP contribution is 2.35. The molecule has 2 saturated heterocycles. The summed E-state index contributed by atoms with van der Waals surface area (Å²) in [7, 11) is 0. The molecule has 6 rings (SSSR count). The smallest absolute Gasteiger partial charge is 0.426 e. The van der Waals surface area contributed by atoms with E-state index in [1.165, 1.54) is 30.7 Å². The van der Waals surface area contributed by atoms with Gasteiger partial charge in [-0.05, 0) is 47.7 Å². The highest BCUT2D eigenvalue weighted by molar-refractivity contribution is 5.94. The van der Waals surface area contributed by atoms with Crippen molar-refractivity contribution in [3.63, 3.8) is 0 Å². The lowest BCUT2D eigenvalue weighted by atomic mass is 9.85. The third-order valence-corrected chi connectivity index (χ3v) is 7.83. The van der Waals surface area contributed by atoms with Gasteiger partial charge < -0.3 is 29.0 Å². The van der Waals surface area contributed by atoms with Crippen LogP contribution in [0.5, 0.6) is 0 Å². The second kappa shape index (κ2) is 13.1. The number of carbonyl (C=O) groups excluding carboxylic acids is 2. The summed E-state index contributed by atoms with van der Waals surface area (Å²) in [6, 6.07) is 8.44. The number of halogens is 2. The van der Waals surface area contributed by atoms with Crippen LogP contribution in [-0.2, 0) is 24.5 Å². The maximum Gasteiger partial charge on any atom is 0.547 e. The van der Waals surface area contributed by atoms with Crippen molar-refractivity contribution in [1.29, 1.82) is 0 Å². The molecule has 46 heavy (non-hydrogen) atoms. The molecule has 0 unspecified atom stereocenters. The second-order valence-electron chi connectivity index (χ2n) is 10.8. The Labute approximate surface area is 261 Å². The monoisotopic (exact) mass is 642 g/mol. The summed E-state index contributed by atoms with van der Waals surface area (Å²) in [5.74, 6) is -1.80. The minimum Gasteiger partial charge on any atom is -0.426 e.